The largest absolute Gasteiger partial charge is 0.465 e. The van der Waals surface area contributed by atoms with E-state index in [1.807, 2.05) is 0 Å². The van der Waals surface area contributed by atoms with Gasteiger partial charge < -0.3 is 19.7 Å². The molecule has 98 valence electrons. The summed E-state index contributed by atoms with van der Waals surface area (Å²) in [6.07, 6.45) is 0. The second-order valence-electron chi connectivity index (χ2n) is 3.47. The smallest absolute Gasteiger partial charge is 0.338 e. The van der Waals surface area contributed by atoms with Crippen molar-refractivity contribution in [2.24, 2.45) is 0 Å². The molecule has 6 heteroatoms. The van der Waals surface area contributed by atoms with E-state index in [4.69, 9.17) is 0 Å². The number of aliphatic hydroxyl groups is 2. The Kier molecular flexibility index (Phi) is 4.82. The fourth-order valence-electron chi connectivity index (χ4n) is 1.55. The molecule has 0 atom stereocenters. The molecule has 1 aromatic rings. The summed E-state index contributed by atoms with van der Waals surface area (Å²) in [5.74, 6) is -1.30. The van der Waals surface area contributed by atoms with Crippen LogP contribution < -0.4 is 0 Å². The van der Waals surface area contributed by atoms with Gasteiger partial charge in [-0.05, 0) is 23.3 Å². The molecule has 0 amide bonds. The second-order valence-corrected chi connectivity index (χ2v) is 3.47. The molecule has 0 aliphatic rings. The highest BCUT2D eigenvalue weighted by molar-refractivity contribution is 5.96. The van der Waals surface area contributed by atoms with Crippen molar-refractivity contribution in [1.29, 1.82) is 0 Å². The van der Waals surface area contributed by atoms with Crippen LogP contribution in [0.1, 0.15) is 31.8 Å². The summed E-state index contributed by atoms with van der Waals surface area (Å²) in [6.45, 7) is -0.861. The van der Waals surface area contributed by atoms with Crippen molar-refractivity contribution in [3.8, 4) is 0 Å². The minimum atomic E-state index is -0.648. The van der Waals surface area contributed by atoms with Crippen LogP contribution in [0.25, 0.3) is 0 Å². The molecule has 0 aliphatic heterocycles. The molecule has 1 rings (SSSR count). The van der Waals surface area contributed by atoms with Gasteiger partial charge in [0.1, 0.15) is 0 Å². The van der Waals surface area contributed by atoms with Gasteiger partial charge in [-0.3, -0.25) is 0 Å². The average Bonchev–Trinajstić information content (AvgIpc) is 2.43. The predicted octanol–water partition coefficient (Wildman–Crippen LogP) is 0.244. The third-order valence-electron chi connectivity index (χ3n) is 2.48. The Hall–Kier alpha value is -1.92. The van der Waals surface area contributed by atoms with Crippen LogP contribution in [0, 0.1) is 0 Å². The molecule has 0 aromatic heterocycles. The Morgan fingerprint density at radius 3 is 1.50 bits per heavy atom. The summed E-state index contributed by atoms with van der Waals surface area (Å²) in [7, 11) is 2.41. The van der Waals surface area contributed by atoms with E-state index in [0.29, 0.717) is 0 Å². The minimum Gasteiger partial charge on any atom is -0.465 e. The lowest BCUT2D eigenvalue weighted by molar-refractivity contribution is 0.0581. The lowest BCUT2D eigenvalue weighted by Crippen LogP contribution is -2.12. The molecule has 0 heterocycles. The molecule has 0 unspecified atom stereocenters. The quantitative estimate of drug-likeness (QED) is 0.748. The topological polar surface area (TPSA) is 93.1 Å². The third-order valence-corrected chi connectivity index (χ3v) is 2.48. The van der Waals surface area contributed by atoms with Gasteiger partial charge in [0.25, 0.3) is 0 Å². The van der Waals surface area contributed by atoms with Crippen molar-refractivity contribution in [2.75, 3.05) is 14.2 Å². The van der Waals surface area contributed by atoms with Crippen LogP contribution in [-0.2, 0) is 22.7 Å². The van der Waals surface area contributed by atoms with Crippen LogP contribution in [0.3, 0.4) is 0 Å². The standard InChI is InChI=1S/C12H14O6/c1-17-11(15)9-3-8(6-14)10(12(16)18-2)4-7(9)5-13/h3-4,13-14H,5-6H2,1-2H3. The first kappa shape index (κ1) is 14.1. The molecular weight excluding hydrogens is 240 g/mol. The van der Waals surface area contributed by atoms with Gasteiger partial charge in [-0.25, -0.2) is 9.59 Å². The van der Waals surface area contributed by atoms with Crippen molar-refractivity contribution in [3.63, 3.8) is 0 Å². The number of aliphatic hydroxyl groups excluding tert-OH is 2. The molecule has 0 aliphatic carbocycles. The van der Waals surface area contributed by atoms with Gasteiger partial charge in [0.05, 0.1) is 38.6 Å². The Balaban J connectivity index is 3.41. The van der Waals surface area contributed by atoms with E-state index in [2.05, 4.69) is 9.47 Å². The number of rotatable bonds is 4. The summed E-state index contributed by atoms with van der Waals surface area (Å²) >= 11 is 0. The SMILES string of the molecule is COC(=O)c1cc(CO)c(C(=O)OC)cc1CO. The van der Waals surface area contributed by atoms with Crippen molar-refractivity contribution in [2.45, 2.75) is 13.2 Å². The Morgan fingerprint density at radius 2 is 1.28 bits per heavy atom. The Morgan fingerprint density at radius 1 is 0.944 bits per heavy atom. The molecule has 6 nitrogen and oxygen atoms in total. The third kappa shape index (κ3) is 2.66. The number of benzene rings is 1. The second kappa shape index (κ2) is 6.13. The van der Waals surface area contributed by atoms with E-state index in [-0.39, 0.29) is 22.3 Å². The number of methoxy groups -OCH3 is 2. The van der Waals surface area contributed by atoms with Crippen molar-refractivity contribution in [3.05, 3.63) is 34.4 Å². The zero-order valence-corrected chi connectivity index (χ0v) is 10.1. The van der Waals surface area contributed by atoms with Crippen molar-refractivity contribution < 1.29 is 29.3 Å². The maximum Gasteiger partial charge on any atom is 0.338 e. The van der Waals surface area contributed by atoms with Crippen LogP contribution in [-0.4, -0.2) is 36.4 Å². The van der Waals surface area contributed by atoms with Crippen LogP contribution in [0.2, 0.25) is 0 Å². The fourth-order valence-corrected chi connectivity index (χ4v) is 1.55. The minimum absolute atomic E-state index is 0.108. The zero-order valence-electron chi connectivity index (χ0n) is 10.1. The highest BCUT2D eigenvalue weighted by atomic mass is 16.5. The maximum atomic E-state index is 11.5. The highest BCUT2D eigenvalue weighted by Crippen LogP contribution is 2.19. The average molecular weight is 254 g/mol. The number of hydrogen-bond acceptors (Lipinski definition) is 6. The first-order valence-electron chi connectivity index (χ1n) is 5.13. The van der Waals surface area contributed by atoms with Gasteiger partial charge in [0.2, 0.25) is 0 Å². The molecular formula is C12H14O6. The van der Waals surface area contributed by atoms with Gasteiger partial charge in [-0.1, -0.05) is 0 Å². The molecule has 0 saturated carbocycles. The number of esters is 2. The summed E-state index contributed by atoms with van der Waals surface area (Å²) in [5.41, 5.74) is 0.687. The highest BCUT2D eigenvalue weighted by Gasteiger charge is 2.19. The summed E-state index contributed by atoms with van der Waals surface area (Å²) in [5, 5.41) is 18.4. The summed E-state index contributed by atoms with van der Waals surface area (Å²) < 4.78 is 9.11. The predicted molar refractivity (Wildman–Crippen MR) is 61.0 cm³/mol. The van der Waals surface area contributed by atoms with Crippen molar-refractivity contribution in [1.82, 2.24) is 0 Å². The van der Waals surface area contributed by atoms with Crippen LogP contribution >= 0.6 is 0 Å². The number of carbonyl (C=O) groups is 2. The Labute approximate surface area is 104 Å². The number of carbonyl (C=O) groups excluding carboxylic acids is 2. The first-order valence-corrected chi connectivity index (χ1v) is 5.13. The monoisotopic (exact) mass is 254 g/mol. The fraction of sp³-hybridized carbons (Fsp3) is 0.333. The van der Waals surface area contributed by atoms with Gasteiger partial charge in [0, 0.05) is 0 Å². The normalized spacial score (nSPS) is 10.0. The molecule has 2 N–H and O–H groups in total. The molecule has 0 spiro atoms. The molecule has 0 fully saturated rings. The van der Waals surface area contributed by atoms with E-state index >= 15 is 0 Å². The van der Waals surface area contributed by atoms with E-state index < -0.39 is 25.2 Å². The van der Waals surface area contributed by atoms with Gasteiger partial charge in [0.15, 0.2) is 0 Å². The first-order chi connectivity index (χ1) is 8.58. The lowest BCUT2D eigenvalue weighted by Gasteiger charge is -2.11. The van der Waals surface area contributed by atoms with E-state index in [0.717, 1.165) is 0 Å². The van der Waals surface area contributed by atoms with Crippen LogP contribution in [0.5, 0.6) is 0 Å². The van der Waals surface area contributed by atoms with Crippen molar-refractivity contribution >= 4 is 11.9 Å². The molecule has 0 saturated heterocycles. The van der Waals surface area contributed by atoms with Gasteiger partial charge in [-0.15, -0.1) is 0 Å². The zero-order chi connectivity index (χ0) is 13.7. The van der Waals surface area contributed by atoms with E-state index in [9.17, 15) is 19.8 Å². The Bertz CT molecular complexity index is 422. The number of ether oxygens (including phenoxy) is 2. The van der Waals surface area contributed by atoms with Gasteiger partial charge in [-0.2, -0.15) is 0 Å². The van der Waals surface area contributed by atoms with Crippen LogP contribution in [0.15, 0.2) is 12.1 Å². The molecule has 18 heavy (non-hydrogen) atoms. The van der Waals surface area contributed by atoms with E-state index in [1.165, 1.54) is 26.4 Å². The number of hydrogen-bond donors (Lipinski definition) is 2. The molecule has 0 bridgehead atoms. The maximum absolute atomic E-state index is 11.5. The van der Waals surface area contributed by atoms with E-state index in [1.54, 1.807) is 0 Å². The molecule has 1 aromatic carbocycles. The summed E-state index contributed by atoms with van der Waals surface area (Å²) in [4.78, 5) is 23.0. The summed E-state index contributed by atoms with van der Waals surface area (Å²) in [6, 6.07) is 2.62. The lowest BCUT2D eigenvalue weighted by atomic mass is 9.99. The van der Waals surface area contributed by atoms with Gasteiger partial charge >= 0.3 is 11.9 Å². The molecule has 0 radical (unpaired) electrons. The van der Waals surface area contributed by atoms with Crippen LogP contribution in [0.4, 0.5) is 0 Å².